The molecule has 1 N–H and O–H groups in total. The largest absolute Gasteiger partial charge is 0.370 e. The molecule has 0 radical (unpaired) electrons. The lowest BCUT2D eigenvalue weighted by Crippen LogP contribution is -2.42. The Hall–Kier alpha value is -1.63. The van der Waals surface area contributed by atoms with E-state index in [-0.39, 0.29) is 17.5 Å². The molecule has 2 rings (SSSR count). The number of benzene rings is 1. The van der Waals surface area contributed by atoms with Gasteiger partial charge < -0.3 is 10.2 Å². The number of amides is 1. The molecular weight excluding hydrogens is 326 g/mol. The van der Waals surface area contributed by atoms with Crippen molar-refractivity contribution in [1.82, 2.24) is 5.32 Å². The minimum Gasteiger partial charge on any atom is -0.370 e. The van der Waals surface area contributed by atoms with Gasteiger partial charge in [0.15, 0.2) is 0 Å². The predicted molar refractivity (Wildman–Crippen MR) is 79.8 cm³/mol. The molecule has 1 heterocycles. The van der Waals surface area contributed by atoms with Crippen LogP contribution in [-0.4, -0.2) is 31.0 Å². The lowest BCUT2D eigenvalue weighted by molar-refractivity contribution is -0.384. The number of carbonyl (C=O) groups excluding carboxylic acids is 1. The number of anilines is 1. The molecule has 0 bridgehead atoms. The van der Waals surface area contributed by atoms with Crippen molar-refractivity contribution in [3.05, 3.63) is 32.8 Å². The van der Waals surface area contributed by atoms with Crippen LogP contribution in [0.25, 0.3) is 0 Å². The molecule has 0 spiro atoms. The summed E-state index contributed by atoms with van der Waals surface area (Å²) in [6, 6.07) is 4.72. The number of hydrogen-bond donors (Lipinski definition) is 1. The number of hydrogen-bond acceptors (Lipinski definition) is 4. The molecule has 1 saturated heterocycles. The van der Waals surface area contributed by atoms with E-state index in [2.05, 4.69) is 26.1 Å². The summed E-state index contributed by atoms with van der Waals surface area (Å²) >= 11 is 3.38. The Labute approximate surface area is 125 Å². The Balaban J connectivity index is 2.19. The Bertz CT molecular complexity index is 536. The van der Waals surface area contributed by atoms with Gasteiger partial charge in [0.05, 0.1) is 16.5 Å². The van der Waals surface area contributed by atoms with E-state index in [4.69, 9.17) is 0 Å². The Morgan fingerprint density at radius 2 is 2.30 bits per heavy atom. The number of piperidine rings is 1. The summed E-state index contributed by atoms with van der Waals surface area (Å²) in [4.78, 5) is 24.1. The van der Waals surface area contributed by atoms with Gasteiger partial charge in [-0.3, -0.25) is 14.9 Å². The Morgan fingerprint density at radius 3 is 2.90 bits per heavy atom. The minimum absolute atomic E-state index is 0.0316. The normalized spacial score (nSPS) is 18.7. The molecule has 6 nitrogen and oxygen atoms in total. The highest BCUT2D eigenvalue weighted by molar-refractivity contribution is 9.10. The molecule has 1 unspecified atom stereocenters. The molecule has 0 saturated carbocycles. The number of halogens is 1. The molecule has 7 heteroatoms. The number of nitrogens with one attached hydrogen (secondary N) is 1. The van der Waals surface area contributed by atoms with Gasteiger partial charge >= 0.3 is 0 Å². The molecule has 1 aromatic carbocycles. The van der Waals surface area contributed by atoms with Gasteiger partial charge in [-0.1, -0.05) is 0 Å². The van der Waals surface area contributed by atoms with Gasteiger partial charge in [0.1, 0.15) is 0 Å². The monoisotopic (exact) mass is 341 g/mol. The zero-order valence-electron chi connectivity index (χ0n) is 11.1. The average molecular weight is 342 g/mol. The first-order valence-corrected chi connectivity index (χ1v) is 7.22. The third-order valence-corrected chi connectivity index (χ3v) is 4.16. The van der Waals surface area contributed by atoms with E-state index in [1.165, 1.54) is 12.1 Å². The second-order valence-corrected chi connectivity index (χ2v) is 5.65. The number of nitro groups is 1. The SMILES string of the molecule is CNC(=O)C1CCCN(c2ccc([N+](=O)[O-])cc2Br)C1. The first-order chi connectivity index (χ1) is 9.52. The van der Waals surface area contributed by atoms with Crippen molar-refractivity contribution in [2.75, 3.05) is 25.0 Å². The maximum absolute atomic E-state index is 11.7. The number of rotatable bonds is 3. The fourth-order valence-electron chi connectivity index (χ4n) is 2.48. The lowest BCUT2D eigenvalue weighted by atomic mass is 9.96. The highest BCUT2D eigenvalue weighted by atomic mass is 79.9. The van der Waals surface area contributed by atoms with Crippen molar-refractivity contribution in [1.29, 1.82) is 0 Å². The van der Waals surface area contributed by atoms with Gasteiger partial charge in [-0.2, -0.15) is 0 Å². The van der Waals surface area contributed by atoms with E-state index >= 15 is 0 Å². The highest BCUT2D eigenvalue weighted by Gasteiger charge is 2.26. The van der Waals surface area contributed by atoms with Gasteiger partial charge in [-0.05, 0) is 34.8 Å². The van der Waals surface area contributed by atoms with Crippen LogP contribution in [-0.2, 0) is 4.79 Å². The maximum Gasteiger partial charge on any atom is 0.270 e. The average Bonchev–Trinajstić information content (AvgIpc) is 2.46. The molecule has 1 aliphatic rings. The van der Waals surface area contributed by atoms with Gasteiger partial charge in [-0.15, -0.1) is 0 Å². The second kappa shape index (κ2) is 6.21. The molecule has 108 valence electrons. The van der Waals surface area contributed by atoms with E-state index in [0.717, 1.165) is 25.1 Å². The maximum atomic E-state index is 11.7. The van der Waals surface area contributed by atoms with E-state index in [0.29, 0.717) is 11.0 Å². The zero-order chi connectivity index (χ0) is 14.7. The van der Waals surface area contributed by atoms with Crippen molar-refractivity contribution in [3.8, 4) is 0 Å². The molecule has 1 amide bonds. The van der Waals surface area contributed by atoms with E-state index in [1.54, 1.807) is 13.1 Å². The van der Waals surface area contributed by atoms with Crippen LogP contribution in [0.2, 0.25) is 0 Å². The van der Waals surface area contributed by atoms with Crippen LogP contribution >= 0.6 is 15.9 Å². The highest BCUT2D eigenvalue weighted by Crippen LogP contribution is 2.32. The van der Waals surface area contributed by atoms with Crippen LogP contribution in [0, 0.1) is 16.0 Å². The third-order valence-electron chi connectivity index (χ3n) is 3.52. The van der Waals surface area contributed by atoms with Gasteiger partial charge in [-0.25, -0.2) is 0 Å². The van der Waals surface area contributed by atoms with E-state index in [9.17, 15) is 14.9 Å². The number of carbonyl (C=O) groups is 1. The van der Waals surface area contributed by atoms with Gasteiger partial charge in [0, 0.05) is 36.7 Å². The molecule has 0 aliphatic carbocycles. The van der Waals surface area contributed by atoms with Crippen LogP contribution < -0.4 is 10.2 Å². The van der Waals surface area contributed by atoms with Gasteiger partial charge in [0.2, 0.25) is 5.91 Å². The minimum atomic E-state index is -0.419. The van der Waals surface area contributed by atoms with Crippen LogP contribution in [0.1, 0.15) is 12.8 Å². The van der Waals surface area contributed by atoms with Crippen molar-refractivity contribution < 1.29 is 9.72 Å². The van der Waals surface area contributed by atoms with E-state index < -0.39 is 4.92 Å². The van der Waals surface area contributed by atoms with Crippen LogP contribution in [0.3, 0.4) is 0 Å². The van der Waals surface area contributed by atoms with E-state index in [1.807, 2.05) is 0 Å². The number of non-ortho nitro benzene ring substituents is 1. The van der Waals surface area contributed by atoms with Crippen molar-refractivity contribution in [2.45, 2.75) is 12.8 Å². The molecular formula is C13H16BrN3O3. The molecule has 1 aliphatic heterocycles. The summed E-state index contributed by atoms with van der Waals surface area (Å²) in [5.41, 5.74) is 0.949. The quantitative estimate of drug-likeness (QED) is 0.676. The first-order valence-electron chi connectivity index (χ1n) is 6.43. The standard InChI is InChI=1S/C13H16BrN3O3/c1-15-13(18)9-3-2-6-16(8-9)12-5-4-10(17(19)20)7-11(12)14/h4-5,7,9H,2-3,6,8H2,1H3,(H,15,18). The summed E-state index contributed by atoms with van der Waals surface area (Å²) in [7, 11) is 1.64. The fraction of sp³-hybridized carbons (Fsp3) is 0.462. The molecule has 0 aromatic heterocycles. The van der Waals surface area contributed by atoms with Crippen LogP contribution in [0.5, 0.6) is 0 Å². The van der Waals surface area contributed by atoms with Crippen molar-refractivity contribution in [2.24, 2.45) is 5.92 Å². The molecule has 1 atom stereocenters. The summed E-state index contributed by atoms with van der Waals surface area (Å²) in [5, 5.41) is 13.4. The summed E-state index contributed by atoms with van der Waals surface area (Å²) in [6.45, 7) is 1.49. The fourth-order valence-corrected chi connectivity index (χ4v) is 3.10. The van der Waals surface area contributed by atoms with Crippen LogP contribution in [0.4, 0.5) is 11.4 Å². The van der Waals surface area contributed by atoms with Crippen molar-refractivity contribution in [3.63, 3.8) is 0 Å². The second-order valence-electron chi connectivity index (χ2n) is 4.79. The third kappa shape index (κ3) is 3.09. The lowest BCUT2D eigenvalue weighted by Gasteiger charge is -2.34. The molecule has 1 aromatic rings. The van der Waals surface area contributed by atoms with Crippen molar-refractivity contribution >= 4 is 33.2 Å². The summed E-state index contributed by atoms with van der Waals surface area (Å²) in [6.07, 6.45) is 1.81. The smallest absolute Gasteiger partial charge is 0.270 e. The van der Waals surface area contributed by atoms with Crippen LogP contribution in [0.15, 0.2) is 22.7 Å². The predicted octanol–water partition coefficient (Wildman–Crippen LogP) is 2.32. The summed E-state index contributed by atoms with van der Waals surface area (Å²) in [5.74, 6) is 0.0172. The number of nitro benzene ring substituents is 1. The zero-order valence-corrected chi connectivity index (χ0v) is 12.7. The summed E-state index contributed by atoms with van der Waals surface area (Å²) < 4.78 is 0.684. The Morgan fingerprint density at radius 1 is 1.55 bits per heavy atom. The van der Waals surface area contributed by atoms with Gasteiger partial charge in [0.25, 0.3) is 5.69 Å². The molecule has 20 heavy (non-hydrogen) atoms. The Kier molecular flexibility index (Phi) is 4.59. The molecule has 1 fully saturated rings. The topological polar surface area (TPSA) is 75.5 Å². The number of nitrogens with zero attached hydrogens (tertiary/aromatic N) is 2. The first kappa shape index (κ1) is 14.8.